The highest BCUT2D eigenvalue weighted by Gasteiger charge is 2.09. The Morgan fingerprint density at radius 1 is 1.00 bits per heavy atom. The highest BCUT2D eigenvalue weighted by molar-refractivity contribution is 5.96. The molecule has 0 aliphatic heterocycles. The van der Waals surface area contributed by atoms with Crippen LogP contribution in [0.5, 0.6) is 5.75 Å². The van der Waals surface area contributed by atoms with Crippen molar-refractivity contribution in [1.29, 1.82) is 0 Å². The van der Waals surface area contributed by atoms with Crippen LogP contribution in [0.1, 0.15) is 26.3 Å². The maximum Gasteiger partial charge on any atom is 0.255 e. The van der Waals surface area contributed by atoms with Crippen LogP contribution < -0.4 is 10.6 Å². The zero-order valence-electron chi connectivity index (χ0n) is 11.6. The molecular weight excluding hydrogens is 268 g/mol. The first-order valence-electron chi connectivity index (χ1n) is 6.49. The van der Waals surface area contributed by atoms with Gasteiger partial charge in [-0.25, -0.2) is 0 Å². The number of hydrogen-bond donors (Lipinski definition) is 3. The van der Waals surface area contributed by atoms with E-state index in [1.54, 1.807) is 49.5 Å². The Kier molecular flexibility index (Phi) is 4.56. The van der Waals surface area contributed by atoms with E-state index in [0.29, 0.717) is 12.1 Å². The summed E-state index contributed by atoms with van der Waals surface area (Å²) in [6.45, 7) is 0.321. The van der Waals surface area contributed by atoms with E-state index in [-0.39, 0.29) is 23.1 Å². The van der Waals surface area contributed by atoms with E-state index in [4.69, 9.17) is 0 Å². The number of aromatic hydroxyl groups is 1. The van der Waals surface area contributed by atoms with Gasteiger partial charge < -0.3 is 15.7 Å². The molecule has 2 rings (SSSR count). The SMILES string of the molecule is CNC(=O)c1ccc(CNC(=O)c2ccccc2O)cc1. The van der Waals surface area contributed by atoms with Crippen LogP contribution in [0.3, 0.4) is 0 Å². The lowest BCUT2D eigenvalue weighted by Crippen LogP contribution is -2.23. The summed E-state index contributed by atoms with van der Waals surface area (Å²) in [5.74, 6) is -0.548. The van der Waals surface area contributed by atoms with Gasteiger partial charge in [-0.15, -0.1) is 0 Å². The number of hydrogen-bond acceptors (Lipinski definition) is 3. The van der Waals surface area contributed by atoms with Crippen LogP contribution in [-0.2, 0) is 6.54 Å². The van der Waals surface area contributed by atoms with Crippen molar-refractivity contribution in [3.8, 4) is 5.75 Å². The number of rotatable bonds is 4. The number of amides is 2. The third-order valence-electron chi connectivity index (χ3n) is 3.04. The van der Waals surface area contributed by atoms with E-state index in [0.717, 1.165) is 5.56 Å². The molecule has 0 aromatic heterocycles. The first kappa shape index (κ1) is 14.6. The summed E-state index contributed by atoms with van der Waals surface area (Å²) in [7, 11) is 1.57. The van der Waals surface area contributed by atoms with Crippen LogP contribution in [0.15, 0.2) is 48.5 Å². The van der Waals surface area contributed by atoms with E-state index in [2.05, 4.69) is 10.6 Å². The zero-order valence-corrected chi connectivity index (χ0v) is 11.6. The predicted molar refractivity (Wildman–Crippen MR) is 79.1 cm³/mol. The van der Waals surface area contributed by atoms with Crippen LogP contribution >= 0.6 is 0 Å². The van der Waals surface area contributed by atoms with Gasteiger partial charge >= 0.3 is 0 Å². The molecular formula is C16H16N2O3. The molecule has 0 fully saturated rings. The Bertz CT molecular complexity index is 651. The minimum atomic E-state index is -0.344. The largest absolute Gasteiger partial charge is 0.507 e. The summed E-state index contributed by atoms with van der Waals surface area (Å²) in [6.07, 6.45) is 0. The van der Waals surface area contributed by atoms with Crippen molar-refractivity contribution < 1.29 is 14.7 Å². The topological polar surface area (TPSA) is 78.4 Å². The quantitative estimate of drug-likeness (QED) is 0.799. The summed E-state index contributed by atoms with van der Waals surface area (Å²) in [5.41, 5.74) is 1.67. The Hall–Kier alpha value is -2.82. The van der Waals surface area contributed by atoms with Crippen LogP contribution in [0.25, 0.3) is 0 Å². The highest BCUT2D eigenvalue weighted by atomic mass is 16.3. The Balaban J connectivity index is 1.99. The molecule has 0 bridgehead atoms. The molecule has 0 unspecified atom stereocenters. The molecule has 0 saturated carbocycles. The third kappa shape index (κ3) is 3.60. The number of phenolic OH excluding ortho intramolecular Hbond substituents is 1. The van der Waals surface area contributed by atoms with Crippen LogP contribution in [0.2, 0.25) is 0 Å². The van der Waals surface area contributed by atoms with Gasteiger partial charge in [0.25, 0.3) is 11.8 Å². The zero-order chi connectivity index (χ0) is 15.2. The van der Waals surface area contributed by atoms with Crippen molar-refractivity contribution in [2.45, 2.75) is 6.54 Å². The minimum Gasteiger partial charge on any atom is -0.507 e. The summed E-state index contributed by atoms with van der Waals surface area (Å²) in [5, 5.41) is 14.9. The van der Waals surface area contributed by atoms with E-state index in [1.165, 1.54) is 6.07 Å². The highest BCUT2D eigenvalue weighted by Crippen LogP contribution is 2.15. The van der Waals surface area contributed by atoms with Gasteiger partial charge in [-0.1, -0.05) is 24.3 Å². The maximum absolute atomic E-state index is 11.9. The van der Waals surface area contributed by atoms with Crippen molar-refractivity contribution in [3.63, 3.8) is 0 Å². The summed E-state index contributed by atoms with van der Waals surface area (Å²) < 4.78 is 0. The molecule has 0 radical (unpaired) electrons. The smallest absolute Gasteiger partial charge is 0.255 e. The molecule has 2 amide bonds. The molecule has 21 heavy (non-hydrogen) atoms. The molecule has 0 saturated heterocycles. The molecule has 108 valence electrons. The van der Waals surface area contributed by atoms with Gasteiger partial charge in [0.15, 0.2) is 0 Å². The van der Waals surface area contributed by atoms with Crippen molar-refractivity contribution in [2.75, 3.05) is 7.05 Å². The second-order valence-electron chi connectivity index (χ2n) is 4.48. The molecule has 0 aliphatic carbocycles. The normalized spacial score (nSPS) is 9.95. The maximum atomic E-state index is 11.9. The Labute approximate surface area is 122 Å². The van der Waals surface area contributed by atoms with Gasteiger partial charge in [0.2, 0.25) is 0 Å². The molecule has 2 aromatic rings. The van der Waals surface area contributed by atoms with E-state index >= 15 is 0 Å². The average molecular weight is 284 g/mol. The van der Waals surface area contributed by atoms with Gasteiger partial charge in [0.05, 0.1) is 5.56 Å². The summed E-state index contributed by atoms with van der Waals surface area (Å²) in [6, 6.07) is 13.3. The molecule has 2 aromatic carbocycles. The molecule has 0 spiro atoms. The number of para-hydroxylation sites is 1. The second-order valence-corrected chi connectivity index (χ2v) is 4.48. The number of phenols is 1. The minimum absolute atomic E-state index is 0.0510. The monoisotopic (exact) mass is 284 g/mol. The van der Waals surface area contributed by atoms with E-state index in [1.807, 2.05) is 0 Å². The fourth-order valence-corrected chi connectivity index (χ4v) is 1.86. The fraction of sp³-hybridized carbons (Fsp3) is 0.125. The van der Waals surface area contributed by atoms with Crippen molar-refractivity contribution in [1.82, 2.24) is 10.6 Å². The first-order valence-corrected chi connectivity index (χ1v) is 6.49. The number of carbonyl (C=O) groups is 2. The molecule has 0 heterocycles. The lowest BCUT2D eigenvalue weighted by molar-refractivity contribution is 0.0943. The second kappa shape index (κ2) is 6.56. The van der Waals surface area contributed by atoms with E-state index < -0.39 is 0 Å². The number of carbonyl (C=O) groups excluding carboxylic acids is 2. The third-order valence-corrected chi connectivity index (χ3v) is 3.04. The van der Waals surface area contributed by atoms with Crippen molar-refractivity contribution in [3.05, 3.63) is 65.2 Å². The number of nitrogens with one attached hydrogen (secondary N) is 2. The van der Waals surface area contributed by atoms with E-state index in [9.17, 15) is 14.7 Å². The molecule has 3 N–H and O–H groups in total. The number of benzene rings is 2. The van der Waals surface area contributed by atoms with Gasteiger partial charge in [0, 0.05) is 19.2 Å². The fourth-order valence-electron chi connectivity index (χ4n) is 1.86. The Morgan fingerprint density at radius 2 is 1.67 bits per heavy atom. The lowest BCUT2D eigenvalue weighted by Gasteiger charge is -2.07. The molecule has 5 heteroatoms. The standard InChI is InChI=1S/C16H16N2O3/c1-17-15(20)12-8-6-11(7-9-12)10-18-16(21)13-4-2-3-5-14(13)19/h2-9,19H,10H2,1H3,(H,17,20)(H,18,21). The Morgan fingerprint density at radius 3 is 2.29 bits per heavy atom. The molecule has 0 aliphatic rings. The molecule has 0 atom stereocenters. The van der Waals surface area contributed by atoms with Gasteiger partial charge in [-0.2, -0.15) is 0 Å². The van der Waals surface area contributed by atoms with Crippen LogP contribution in [-0.4, -0.2) is 24.0 Å². The van der Waals surface area contributed by atoms with Crippen molar-refractivity contribution in [2.24, 2.45) is 0 Å². The van der Waals surface area contributed by atoms with Crippen molar-refractivity contribution >= 4 is 11.8 Å². The average Bonchev–Trinajstić information content (AvgIpc) is 2.52. The lowest BCUT2D eigenvalue weighted by atomic mass is 10.1. The first-order chi connectivity index (χ1) is 10.1. The predicted octanol–water partition coefficient (Wildman–Crippen LogP) is 1.68. The summed E-state index contributed by atoms with van der Waals surface area (Å²) in [4.78, 5) is 23.3. The molecule has 5 nitrogen and oxygen atoms in total. The van der Waals surface area contributed by atoms with Crippen LogP contribution in [0, 0.1) is 0 Å². The summed E-state index contributed by atoms with van der Waals surface area (Å²) >= 11 is 0. The van der Waals surface area contributed by atoms with Gasteiger partial charge in [-0.05, 0) is 29.8 Å². The van der Waals surface area contributed by atoms with Gasteiger partial charge in [0.1, 0.15) is 5.75 Å². The van der Waals surface area contributed by atoms with Gasteiger partial charge in [-0.3, -0.25) is 9.59 Å². The van der Waals surface area contributed by atoms with Crippen LogP contribution in [0.4, 0.5) is 0 Å².